The first kappa shape index (κ1) is 24.5. The van der Waals surface area contributed by atoms with Crippen LogP contribution in [-0.2, 0) is 0 Å². The second kappa shape index (κ2) is 9.78. The quantitative estimate of drug-likeness (QED) is 0.407. The fourth-order valence-corrected chi connectivity index (χ4v) is 5.85. The van der Waals surface area contributed by atoms with E-state index in [2.05, 4.69) is 27.2 Å². The van der Waals surface area contributed by atoms with Crippen LogP contribution in [0.1, 0.15) is 66.6 Å². The molecule has 0 spiro atoms. The first-order valence-corrected chi connectivity index (χ1v) is 13.4. The molecule has 1 aliphatic carbocycles. The largest absolute Gasteiger partial charge is 0.335 e. The Balaban J connectivity index is 1.46. The minimum absolute atomic E-state index is 0.195. The Morgan fingerprint density at radius 1 is 1.11 bits per heavy atom. The van der Waals surface area contributed by atoms with Crippen LogP contribution in [0.2, 0.25) is 0 Å². The van der Waals surface area contributed by atoms with Crippen LogP contribution in [-0.4, -0.2) is 54.6 Å². The van der Waals surface area contributed by atoms with Gasteiger partial charge in [0.25, 0.3) is 11.5 Å². The number of aryl methyl sites for hydroxylation is 1. The van der Waals surface area contributed by atoms with Crippen LogP contribution in [0.3, 0.4) is 0 Å². The number of nitrogens with one attached hydrogen (secondary N) is 1. The van der Waals surface area contributed by atoms with E-state index in [1.165, 1.54) is 48.2 Å². The Hall–Kier alpha value is -3.88. The average molecular weight is 515 g/mol. The molecule has 1 aromatic carbocycles. The lowest BCUT2D eigenvalue weighted by Crippen LogP contribution is -2.58. The summed E-state index contributed by atoms with van der Waals surface area (Å²) in [5.74, 6) is 0.0784. The monoisotopic (exact) mass is 514 g/mol. The molecule has 0 bridgehead atoms. The van der Waals surface area contributed by atoms with Crippen molar-refractivity contribution in [1.82, 2.24) is 29.5 Å². The summed E-state index contributed by atoms with van der Waals surface area (Å²) in [4.78, 5) is 42.3. The van der Waals surface area contributed by atoms with Gasteiger partial charge in [0.05, 0.1) is 23.8 Å². The van der Waals surface area contributed by atoms with Gasteiger partial charge in [0.2, 0.25) is 0 Å². The predicted molar refractivity (Wildman–Crippen MR) is 143 cm³/mol. The molecule has 0 radical (unpaired) electrons. The Labute approximate surface area is 219 Å². The Kier molecular flexibility index (Phi) is 6.29. The highest BCUT2D eigenvalue weighted by Gasteiger charge is 2.41. The normalized spacial score (nSPS) is 20.0. The van der Waals surface area contributed by atoms with Crippen molar-refractivity contribution in [2.24, 2.45) is 5.92 Å². The first-order chi connectivity index (χ1) is 18.5. The fourth-order valence-electron chi connectivity index (χ4n) is 5.85. The van der Waals surface area contributed by atoms with Crippen LogP contribution in [0, 0.1) is 12.8 Å². The summed E-state index contributed by atoms with van der Waals surface area (Å²) >= 11 is 0. The van der Waals surface area contributed by atoms with E-state index >= 15 is 0 Å². The zero-order valence-corrected chi connectivity index (χ0v) is 21.7. The van der Waals surface area contributed by atoms with Gasteiger partial charge in [0.15, 0.2) is 5.65 Å². The van der Waals surface area contributed by atoms with E-state index in [1.54, 1.807) is 24.2 Å². The van der Waals surface area contributed by atoms with Crippen LogP contribution in [0.15, 0.2) is 47.5 Å². The van der Waals surface area contributed by atoms with Gasteiger partial charge in [-0.3, -0.25) is 29.0 Å². The molecule has 1 saturated heterocycles. The maximum Gasteiger partial charge on any atom is 0.273 e. The van der Waals surface area contributed by atoms with Crippen LogP contribution < -0.4 is 5.56 Å². The van der Waals surface area contributed by atoms with Crippen LogP contribution >= 0.6 is 0 Å². The van der Waals surface area contributed by atoms with E-state index < -0.39 is 6.67 Å². The summed E-state index contributed by atoms with van der Waals surface area (Å²) in [5, 5.41) is 3.06. The number of rotatable bonds is 5. The number of H-pyrrole nitrogens is 1. The number of likely N-dealkylation sites (tertiary alicyclic amines) is 1. The van der Waals surface area contributed by atoms with Gasteiger partial charge < -0.3 is 4.90 Å². The van der Waals surface area contributed by atoms with Crippen LogP contribution in [0.25, 0.3) is 28.3 Å². The van der Waals surface area contributed by atoms with Crippen molar-refractivity contribution in [3.05, 3.63) is 69.9 Å². The smallest absolute Gasteiger partial charge is 0.273 e. The number of alkyl halides is 1. The third kappa shape index (κ3) is 4.10. The van der Waals surface area contributed by atoms with Gasteiger partial charge in [-0.25, -0.2) is 9.50 Å². The van der Waals surface area contributed by atoms with Crippen molar-refractivity contribution in [2.75, 3.05) is 13.2 Å². The minimum Gasteiger partial charge on any atom is -0.335 e. The molecule has 2 unspecified atom stereocenters. The molecule has 4 aromatic rings. The molecule has 8 nitrogen and oxygen atoms in total. The summed E-state index contributed by atoms with van der Waals surface area (Å²) < 4.78 is 14.6. The lowest BCUT2D eigenvalue weighted by molar-refractivity contribution is 0.0142. The molecule has 38 heavy (non-hydrogen) atoms. The highest BCUT2D eigenvalue weighted by atomic mass is 19.1. The number of nitrogens with zero attached hydrogens (tertiary/aromatic N) is 5. The summed E-state index contributed by atoms with van der Waals surface area (Å²) in [6.45, 7) is 3.47. The Morgan fingerprint density at radius 3 is 2.53 bits per heavy atom. The topological polar surface area (TPSA) is 96.2 Å². The van der Waals surface area contributed by atoms with Gasteiger partial charge in [-0.15, -0.1) is 0 Å². The summed E-state index contributed by atoms with van der Waals surface area (Å²) in [7, 11) is 0. The highest BCUT2D eigenvalue weighted by molar-refractivity contribution is 6.06. The fraction of sp³-hybridized carbons (Fsp3) is 0.414. The molecule has 1 N–H and O–H groups in total. The van der Waals surface area contributed by atoms with E-state index in [-0.39, 0.29) is 34.6 Å². The zero-order chi connectivity index (χ0) is 26.4. The van der Waals surface area contributed by atoms with E-state index in [0.29, 0.717) is 35.2 Å². The van der Waals surface area contributed by atoms with Crippen molar-refractivity contribution in [2.45, 2.75) is 57.9 Å². The van der Waals surface area contributed by atoms with Crippen molar-refractivity contribution < 1.29 is 9.18 Å². The number of fused-ring (bicyclic) bond motifs is 1. The van der Waals surface area contributed by atoms with Gasteiger partial charge in [0.1, 0.15) is 11.3 Å². The van der Waals surface area contributed by atoms with E-state index in [4.69, 9.17) is 4.98 Å². The number of carbonyl (C=O) groups is 1. The van der Waals surface area contributed by atoms with E-state index in [0.717, 1.165) is 5.56 Å². The van der Waals surface area contributed by atoms with Gasteiger partial charge in [-0.2, -0.15) is 0 Å². The lowest BCUT2D eigenvalue weighted by Gasteiger charge is -2.45. The number of hydrogen-bond donors (Lipinski definition) is 1. The first-order valence-electron chi connectivity index (χ1n) is 13.4. The maximum absolute atomic E-state index is 13.8. The number of aromatic amines is 1. The number of hydrogen-bond acceptors (Lipinski definition) is 5. The maximum atomic E-state index is 13.8. The second-order valence-corrected chi connectivity index (χ2v) is 10.6. The third-order valence-electron chi connectivity index (χ3n) is 8.29. The molecule has 2 fully saturated rings. The highest BCUT2D eigenvalue weighted by Crippen LogP contribution is 2.35. The van der Waals surface area contributed by atoms with Gasteiger partial charge in [-0.1, -0.05) is 43.5 Å². The number of benzene rings is 1. The third-order valence-corrected chi connectivity index (χ3v) is 8.29. The zero-order valence-electron chi connectivity index (χ0n) is 21.7. The molecular formula is C29H31FN6O2. The van der Waals surface area contributed by atoms with Crippen molar-refractivity contribution in [1.29, 1.82) is 0 Å². The second-order valence-electron chi connectivity index (χ2n) is 10.6. The summed E-state index contributed by atoms with van der Waals surface area (Å²) in [5.41, 5.74) is 4.23. The van der Waals surface area contributed by atoms with Gasteiger partial charge in [-0.05, 0) is 38.2 Å². The number of amides is 1. The molecular weight excluding hydrogens is 483 g/mol. The molecule has 1 aliphatic heterocycles. The standard InChI is InChI=1S/C29H31FN6O2/c1-17-26(32-13-12-31-17)27-25(29(38)35-16-22(15-30)18(35)2)28-33-23(14-24(37)36(28)34-27)21-10-8-20(9-11-21)19-6-4-3-5-7-19/h8-14,18-19,22,34H,3-7,15-16H2,1-2H3. The average Bonchev–Trinajstić information content (AvgIpc) is 3.33. The molecule has 6 rings (SSSR count). The Bertz CT molecular complexity index is 1550. The van der Waals surface area contributed by atoms with Crippen molar-refractivity contribution in [3.63, 3.8) is 0 Å². The van der Waals surface area contributed by atoms with Gasteiger partial charge in [0, 0.05) is 42.5 Å². The molecule has 2 atom stereocenters. The summed E-state index contributed by atoms with van der Waals surface area (Å²) in [6, 6.07) is 9.50. The SMILES string of the molecule is Cc1nccnc1-c1[nH]n2c(=O)cc(-c3ccc(C4CCCCC4)cc3)nc2c1C(=O)N1CC(CF)C1C. The van der Waals surface area contributed by atoms with E-state index in [9.17, 15) is 14.0 Å². The van der Waals surface area contributed by atoms with Crippen molar-refractivity contribution >= 4 is 11.6 Å². The summed E-state index contributed by atoms with van der Waals surface area (Å²) in [6.07, 6.45) is 9.38. The lowest BCUT2D eigenvalue weighted by atomic mass is 9.84. The molecule has 9 heteroatoms. The molecule has 4 heterocycles. The van der Waals surface area contributed by atoms with Gasteiger partial charge >= 0.3 is 0 Å². The molecule has 2 aliphatic rings. The number of carbonyl (C=O) groups excluding carboxylic acids is 1. The van der Waals surface area contributed by atoms with Crippen LogP contribution in [0.5, 0.6) is 0 Å². The molecule has 1 saturated carbocycles. The number of aromatic nitrogens is 5. The van der Waals surface area contributed by atoms with Crippen molar-refractivity contribution in [3.8, 4) is 22.6 Å². The molecule has 196 valence electrons. The molecule has 1 amide bonds. The Morgan fingerprint density at radius 2 is 1.84 bits per heavy atom. The number of halogens is 1. The van der Waals surface area contributed by atoms with E-state index in [1.807, 2.05) is 19.1 Å². The predicted octanol–water partition coefficient (Wildman–Crippen LogP) is 4.93. The van der Waals surface area contributed by atoms with Crippen LogP contribution in [0.4, 0.5) is 4.39 Å². The molecule has 3 aromatic heterocycles. The minimum atomic E-state index is -0.479.